The Kier molecular flexibility index (Phi) is 4.83. The largest absolute Gasteiger partial charge is 0.534 e. The van der Waals surface area contributed by atoms with E-state index in [1.165, 1.54) is 12.1 Å². The van der Waals surface area contributed by atoms with E-state index in [-0.39, 0.29) is 5.69 Å². The molecule has 134 valence electrons. The molecule has 0 atom stereocenters. The lowest BCUT2D eigenvalue weighted by molar-refractivity contribution is -0.0500. The van der Waals surface area contributed by atoms with Crippen LogP contribution in [0.3, 0.4) is 0 Å². The van der Waals surface area contributed by atoms with E-state index in [0.29, 0.717) is 10.7 Å². The molecule has 0 N–H and O–H groups in total. The SMILES string of the molecule is COC(=O)c1nn(-c2ccccc2)c(=O)cc1OS(=O)(=O)C(F)(F)F. The number of rotatable bonds is 4. The van der Waals surface area contributed by atoms with E-state index in [1.54, 1.807) is 18.2 Å². The van der Waals surface area contributed by atoms with Crippen LogP contribution in [0.5, 0.6) is 5.75 Å². The van der Waals surface area contributed by atoms with Gasteiger partial charge in [-0.15, -0.1) is 0 Å². The Morgan fingerprint density at radius 3 is 2.32 bits per heavy atom. The van der Waals surface area contributed by atoms with Crippen molar-refractivity contribution in [2.75, 3.05) is 7.11 Å². The van der Waals surface area contributed by atoms with Gasteiger partial charge in [0.05, 0.1) is 18.9 Å². The number of methoxy groups -OCH3 is 1. The molecule has 0 saturated heterocycles. The number of ether oxygens (including phenoxy) is 1. The molecule has 0 saturated carbocycles. The third-order valence-electron chi connectivity index (χ3n) is 2.76. The third-order valence-corrected chi connectivity index (χ3v) is 3.73. The van der Waals surface area contributed by atoms with Crippen molar-refractivity contribution >= 4 is 16.1 Å². The number of esters is 1. The van der Waals surface area contributed by atoms with Gasteiger partial charge >= 0.3 is 21.6 Å². The van der Waals surface area contributed by atoms with E-state index >= 15 is 0 Å². The maximum Gasteiger partial charge on any atom is 0.534 e. The van der Waals surface area contributed by atoms with Crippen LogP contribution >= 0.6 is 0 Å². The van der Waals surface area contributed by atoms with Crippen molar-refractivity contribution in [3.05, 3.63) is 52.4 Å². The van der Waals surface area contributed by atoms with E-state index in [0.717, 1.165) is 7.11 Å². The zero-order valence-corrected chi connectivity index (χ0v) is 13.2. The van der Waals surface area contributed by atoms with Crippen molar-refractivity contribution in [1.82, 2.24) is 9.78 Å². The molecule has 0 aliphatic heterocycles. The predicted octanol–water partition coefficient (Wildman–Crippen LogP) is 1.25. The van der Waals surface area contributed by atoms with Crippen LogP contribution < -0.4 is 9.74 Å². The molecular formula is C13H9F3N2O6S. The number of carbonyl (C=O) groups is 1. The first kappa shape index (κ1) is 18.4. The van der Waals surface area contributed by atoms with Gasteiger partial charge in [-0.05, 0) is 12.1 Å². The predicted molar refractivity (Wildman–Crippen MR) is 76.8 cm³/mol. The number of alkyl halides is 3. The summed E-state index contributed by atoms with van der Waals surface area (Å²) in [4.78, 5) is 23.7. The van der Waals surface area contributed by atoms with Crippen LogP contribution in [0.4, 0.5) is 13.2 Å². The van der Waals surface area contributed by atoms with Gasteiger partial charge in [0.2, 0.25) is 5.69 Å². The summed E-state index contributed by atoms with van der Waals surface area (Å²) in [5, 5.41) is 3.55. The van der Waals surface area contributed by atoms with Crippen molar-refractivity contribution in [2.24, 2.45) is 0 Å². The first-order valence-electron chi connectivity index (χ1n) is 6.35. The number of para-hydroxylation sites is 1. The van der Waals surface area contributed by atoms with Crippen LogP contribution in [0.15, 0.2) is 41.2 Å². The molecule has 25 heavy (non-hydrogen) atoms. The van der Waals surface area contributed by atoms with Gasteiger partial charge in [-0.3, -0.25) is 4.79 Å². The number of halogens is 3. The van der Waals surface area contributed by atoms with Gasteiger partial charge in [0, 0.05) is 0 Å². The monoisotopic (exact) mass is 378 g/mol. The van der Waals surface area contributed by atoms with Gasteiger partial charge in [0.25, 0.3) is 5.56 Å². The number of benzene rings is 1. The molecule has 1 aromatic carbocycles. The molecule has 1 heterocycles. The minimum Gasteiger partial charge on any atom is -0.464 e. The standard InChI is InChI=1S/C13H9F3N2O6S/c1-23-12(20)11-9(24-25(21,22)13(14,15)16)7-10(19)18(17-11)8-5-3-2-4-6-8/h2-7H,1H3. The van der Waals surface area contributed by atoms with Gasteiger partial charge in [-0.1, -0.05) is 18.2 Å². The van der Waals surface area contributed by atoms with Gasteiger partial charge < -0.3 is 8.92 Å². The zero-order valence-electron chi connectivity index (χ0n) is 12.4. The minimum absolute atomic E-state index is 0.183. The van der Waals surface area contributed by atoms with Crippen molar-refractivity contribution in [3.63, 3.8) is 0 Å². The summed E-state index contributed by atoms with van der Waals surface area (Å²) in [6.45, 7) is 0. The van der Waals surface area contributed by atoms with E-state index < -0.39 is 38.6 Å². The lowest BCUT2D eigenvalue weighted by atomic mass is 10.3. The molecule has 0 aliphatic rings. The molecular weight excluding hydrogens is 369 g/mol. The number of carbonyl (C=O) groups excluding carboxylic acids is 1. The normalized spacial score (nSPS) is 11.8. The average Bonchev–Trinajstić information content (AvgIpc) is 2.53. The summed E-state index contributed by atoms with van der Waals surface area (Å²) in [5.74, 6) is -2.49. The summed E-state index contributed by atoms with van der Waals surface area (Å²) >= 11 is 0. The Morgan fingerprint density at radius 1 is 1.20 bits per heavy atom. The first-order chi connectivity index (χ1) is 11.6. The second kappa shape index (κ2) is 6.55. The Morgan fingerprint density at radius 2 is 1.80 bits per heavy atom. The quantitative estimate of drug-likeness (QED) is 0.448. The van der Waals surface area contributed by atoms with E-state index in [2.05, 4.69) is 14.0 Å². The zero-order chi connectivity index (χ0) is 18.8. The number of nitrogens with zero attached hydrogens (tertiary/aromatic N) is 2. The summed E-state index contributed by atoms with van der Waals surface area (Å²) in [7, 11) is -5.21. The van der Waals surface area contributed by atoms with E-state index in [4.69, 9.17) is 0 Å². The molecule has 0 amide bonds. The molecule has 2 rings (SSSR count). The molecule has 8 nitrogen and oxygen atoms in total. The van der Waals surface area contributed by atoms with Crippen LogP contribution in [-0.4, -0.2) is 36.8 Å². The smallest absolute Gasteiger partial charge is 0.464 e. The second-order valence-corrected chi connectivity index (χ2v) is 5.96. The van der Waals surface area contributed by atoms with Crippen LogP contribution in [0.2, 0.25) is 0 Å². The van der Waals surface area contributed by atoms with Crippen LogP contribution in [0.1, 0.15) is 10.5 Å². The van der Waals surface area contributed by atoms with Crippen LogP contribution in [-0.2, 0) is 14.9 Å². The second-order valence-electron chi connectivity index (χ2n) is 4.42. The van der Waals surface area contributed by atoms with Crippen molar-refractivity contribution in [1.29, 1.82) is 0 Å². The first-order valence-corrected chi connectivity index (χ1v) is 7.76. The summed E-state index contributed by atoms with van der Waals surface area (Å²) in [5.41, 5.74) is -7.51. The molecule has 0 unspecified atom stereocenters. The summed E-state index contributed by atoms with van der Waals surface area (Å²) < 4.78 is 68.4. The fourth-order valence-electron chi connectivity index (χ4n) is 1.66. The fraction of sp³-hybridized carbons (Fsp3) is 0.154. The van der Waals surface area contributed by atoms with Gasteiger partial charge in [-0.2, -0.15) is 31.4 Å². The Balaban J connectivity index is 2.64. The van der Waals surface area contributed by atoms with Crippen molar-refractivity contribution in [3.8, 4) is 11.4 Å². The van der Waals surface area contributed by atoms with Crippen LogP contribution in [0.25, 0.3) is 5.69 Å². The molecule has 1 aromatic heterocycles. The lowest BCUT2D eigenvalue weighted by Crippen LogP contribution is -2.31. The topological polar surface area (TPSA) is 105 Å². The highest BCUT2D eigenvalue weighted by Crippen LogP contribution is 2.28. The van der Waals surface area contributed by atoms with Crippen molar-refractivity contribution in [2.45, 2.75) is 5.51 Å². The summed E-state index contributed by atoms with van der Waals surface area (Å²) in [6.07, 6.45) is 0. The highest BCUT2D eigenvalue weighted by molar-refractivity contribution is 7.88. The maximum absolute atomic E-state index is 12.4. The van der Waals surface area contributed by atoms with Gasteiger partial charge in [-0.25, -0.2) is 4.79 Å². The number of hydrogen-bond donors (Lipinski definition) is 0. The van der Waals surface area contributed by atoms with E-state index in [1.807, 2.05) is 0 Å². The fourth-order valence-corrected chi connectivity index (χ4v) is 2.12. The molecule has 0 bridgehead atoms. The molecule has 0 radical (unpaired) electrons. The molecule has 0 fully saturated rings. The van der Waals surface area contributed by atoms with Crippen molar-refractivity contribution < 1.29 is 35.3 Å². The maximum atomic E-state index is 12.4. The molecule has 0 spiro atoms. The average molecular weight is 378 g/mol. The van der Waals surface area contributed by atoms with Crippen LogP contribution in [0, 0.1) is 0 Å². The van der Waals surface area contributed by atoms with Gasteiger partial charge in [0.1, 0.15) is 0 Å². The highest BCUT2D eigenvalue weighted by Gasteiger charge is 2.49. The molecule has 12 heteroatoms. The Bertz CT molecular complexity index is 954. The Labute approximate surface area is 138 Å². The molecule has 2 aromatic rings. The molecule has 0 aliphatic carbocycles. The van der Waals surface area contributed by atoms with Gasteiger partial charge in [0.15, 0.2) is 5.75 Å². The number of hydrogen-bond acceptors (Lipinski definition) is 7. The Hall–Kier alpha value is -2.89. The van der Waals surface area contributed by atoms with E-state index in [9.17, 15) is 31.2 Å². The highest BCUT2D eigenvalue weighted by atomic mass is 32.2. The number of aromatic nitrogens is 2. The summed E-state index contributed by atoms with van der Waals surface area (Å²) in [6, 6.07) is 7.98. The lowest BCUT2D eigenvalue weighted by Gasteiger charge is -2.13. The third kappa shape index (κ3) is 3.79. The minimum atomic E-state index is -6.11.